The van der Waals surface area contributed by atoms with Gasteiger partial charge in [-0.25, -0.2) is 4.79 Å². The fourth-order valence-corrected chi connectivity index (χ4v) is 1.25. The number of aromatic amines is 1. The Balaban J connectivity index is 2.12. The Hall–Kier alpha value is -2.63. The van der Waals surface area contributed by atoms with Gasteiger partial charge in [-0.1, -0.05) is 0 Å². The van der Waals surface area contributed by atoms with Gasteiger partial charge >= 0.3 is 5.97 Å². The largest absolute Gasteiger partial charge is 0.478 e. The van der Waals surface area contributed by atoms with Crippen LogP contribution >= 0.6 is 0 Å². The van der Waals surface area contributed by atoms with Crippen molar-refractivity contribution >= 4 is 17.7 Å². The Labute approximate surface area is 96.3 Å². The van der Waals surface area contributed by atoms with E-state index in [1.165, 1.54) is 12.1 Å². The Morgan fingerprint density at radius 3 is 2.65 bits per heavy atom. The van der Waals surface area contributed by atoms with Crippen molar-refractivity contribution in [3.8, 4) is 0 Å². The van der Waals surface area contributed by atoms with E-state index in [0.717, 1.165) is 6.20 Å². The van der Waals surface area contributed by atoms with Gasteiger partial charge in [0, 0.05) is 12.4 Å². The lowest BCUT2D eigenvalue weighted by Crippen LogP contribution is -2.14. The number of amides is 1. The first kappa shape index (κ1) is 10.9. The van der Waals surface area contributed by atoms with Gasteiger partial charge in [-0.05, 0) is 24.3 Å². The molecule has 17 heavy (non-hydrogen) atoms. The van der Waals surface area contributed by atoms with Crippen molar-refractivity contribution in [2.75, 3.05) is 5.32 Å². The molecule has 2 rings (SSSR count). The third-order valence-electron chi connectivity index (χ3n) is 2.09. The smallest absolute Gasteiger partial charge is 0.337 e. The maximum absolute atomic E-state index is 11.7. The zero-order chi connectivity index (χ0) is 12.3. The van der Waals surface area contributed by atoms with Gasteiger partial charge < -0.3 is 15.4 Å². The number of hydrogen-bond acceptors (Lipinski definition) is 3. The van der Waals surface area contributed by atoms with Gasteiger partial charge in [-0.2, -0.15) is 0 Å². The Kier molecular flexibility index (Phi) is 2.87. The zero-order valence-corrected chi connectivity index (χ0v) is 8.68. The molecular weight excluding hydrogens is 222 g/mol. The minimum atomic E-state index is -1.08. The third kappa shape index (κ3) is 2.49. The summed E-state index contributed by atoms with van der Waals surface area (Å²) in [5, 5.41) is 11.3. The molecule has 6 nitrogen and oxygen atoms in total. The molecule has 0 aliphatic heterocycles. The van der Waals surface area contributed by atoms with E-state index in [4.69, 9.17) is 5.11 Å². The molecule has 2 heterocycles. The number of pyridine rings is 1. The second-order valence-electron chi connectivity index (χ2n) is 3.28. The maximum Gasteiger partial charge on any atom is 0.337 e. The number of carboxylic acids is 1. The molecule has 2 aromatic rings. The molecule has 6 heteroatoms. The number of carboxylic acid groups (broad SMARTS) is 1. The summed E-state index contributed by atoms with van der Waals surface area (Å²) >= 11 is 0. The standard InChI is InChI=1S/C11H9N3O3/c15-10(14-9-2-1-5-12-9)8-4-3-7(6-13-8)11(16)17/h1-6,12H,(H,14,15)(H,16,17). The van der Waals surface area contributed by atoms with Crippen molar-refractivity contribution in [1.29, 1.82) is 0 Å². The Morgan fingerprint density at radius 1 is 1.29 bits per heavy atom. The molecule has 0 aromatic carbocycles. The van der Waals surface area contributed by atoms with Crippen LogP contribution in [0, 0.1) is 0 Å². The monoisotopic (exact) mass is 231 g/mol. The van der Waals surface area contributed by atoms with Crippen molar-refractivity contribution in [2.24, 2.45) is 0 Å². The zero-order valence-electron chi connectivity index (χ0n) is 8.68. The van der Waals surface area contributed by atoms with Crippen LogP contribution in [-0.4, -0.2) is 27.0 Å². The molecule has 1 amide bonds. The minimum absolute atomic E-state index is 0.0430. The first-order valence-electron chi connectivity index (χ1n) is 4.81. The van der Waals surface area contributed by atoms with Gasteiger partial charge in [0.1, 0.15) is 11.5 Å². The summed E-state index contributed by atoms with van der Waals surface area (Å²) in [5.74, 6) is -0.919. The predicted molar refractivity (Wildman–Crippen MR) is 59.9 cm³/mol. The van der Waals surface area contributed by atoms with Gasteiger partial charge in [0.15, 0.2) is 0 Å². The molecule has 0 fully saturated rings. The van der Waals surface area contributed by atoms with Crippen LogP contribution in [0.15, 0.2) is 36.7 Å². The Bertz CT molecular complexity index is 532. The number of nitrogens with zero attached hydrogens (tertiary/aromatic N) is 1. The normalized spacial score (nSPS) is 9.88. The van der Waals surface area contributed by atoms with Crippen LogP contribution in [0.25, 0.3) is 0 Å². The van der Waals surface area contributed by atoms with Crippen LogP contribution in [0.1, 0.15) is 20.8 Å². The van der Waals surface area contributed by atoms with E-state index in [1.54, 1.807) is 18.3 Å². The van der Waals surface area contributed by atoms with Crippen molar-refractivity contribution in [2.45, 2.75) is 0 Å². The van der Waals surface area contributed by atoms with Gasteiger partial charge in [-0.15, -0.1) is 0 Å². The fourth-order valence-electron chi connectivity index (χ4n) is 1.25. The van der Waals surface area contributed by atoms with Crippen LogP contribution in [0.5, 0.6) is 0 Å². The van der Waals surface area contributed by atoms with E-state index in [-0.39, 0.29) is 11.3 Å². The predicted octanol–water partition coefficient (Wildman–Crippen LogP) is 1.36. The lowest BCUT2D eigenvalue weighted by molar-refractivity contribution is 0.0696. The topological polar surface area (TPSA) is 95.1 Å². The molecule has 0 radical (unpaired) electrons. The summed E-state index contributed by atoms with van der Waals surface area (Å²) in [7, 11) is 0. The molecule has 0 spiro atoms. The first-order chi connectivity index (χ1) is 8.16. The van der Waals surface area contributed by atoms with E-state index >= 15 is 0 Å². The summed E-state index contributed by atoms with van der Waals surface area (Å²) in [6.45, 7) is 0. The molecule has 86 valence electrons. The molecular formula is C11H9N3O3. The Morgan fingerprint density at radius 2 is 2.12 bits per heavy atom. The average molecular weight is 231 g/mol. The van der Waals surface area contributed by atoms with E-state index < -0.39 is 11.9 Å². The second kappa shape index (κ2) is 4.48. The molecule has 0 atom stereocenters. The maximum atomic E-state index is 11.7. The number of anilines is 1. The lowest BCUT2D eigenvalue weighted by atomic mass is 10.2. The second-order valence-corrected chi connectivity index (χ2v) is 3.28. The summed E-state index contributed by atoms with van der Waals surface area (Å²) in [5.41, 5.74) is 0.200. The van der Waals surface area contributed by atoms with Crippen LogP contribution in [0.3, 0.4) is 0 Å². The molecule has 0 aliphatic carbocycles. The van der Waals surface area contributed by atoms with E-state index in [2.05, 4.69) is 15.3 Å². The van der Waals surface area contributed by atoms with Crippen LogP contribution in [-0.2, 0) is 0 Å². The fraction of sp³-hybridized carbons (Fsp3) is 0. The number of rotatable bonds is 3. The summed E-state index contributed by atoms with van der Waals surface area (Å²) in [4.78, 5) is 28.8. The number of H-pyrrole nitrogens is 1. The van der Waals surface area contributed by atoms with Crippen molar-refractivity contribution in [3.63, 3.8) is 0 Å². The summed E-state index contributed by atoms with van der Waals surface area (Å²) in [6.07, 6.45) is 2.82. The van der Waals surface area contributed by atoms with E-state index in [1.807, 2.05) is 0 Å². The van der Waals surface area contributed by atoms with Gasteiger partial charge in [0.05, 0.1) is 5.56 Å². The SMILES string of the molecule is O=C(O)c1ccc(C(=O)Nc2ccc[nH]2)nc1. The number of hydrogen-bond donors (Lipinski definition) is 3. The summed E-state index contributed by atoms with van der Waals surface area (Å²) in [6, 6.07) is 6.14. The molecule has 0 saturated heterocycles. The van der Waals surface area contributed by atoms with Crippen LogP contribution in [0.2, 0.25) is 0 Å². The summed E-state index contributed by atoms with van der Waals surface area (Å²) < 4.78 is 0. The number of carbonyl (C=O) groups excluding carboxylic acids is 1. The van der Waals surface area contributed by atoms with E-state index in [0.29, 0.717) is 5.82 Å². The molecule has 0 saturated carbocycles. The number of carbonyl (C=O) groups is 2. The third-order valence-corrected chi connectivity index (χ3v) is 2.09. The van der Waals surface area contributed by atoms with Crippen molar-refractivity contribution in [1.82, 2.24) is 9.97 Å². The van der Waals surface area contributed by atoms with Crippen LogP contribution in [0.4, 0.5) is 5.82 Å². The minimum Gasteiger partial charge on any atom is -0.478 e. The molecule has 0 aliphatic rings. The highest BCUT2D eigenvalue weighted by atomic mass is 16.4. The lowest BCUT2D eigenvalue weighted by Gasteiger charge is -2.02. The quantitative estimate of drug-likeness (QED) is 0.743. The van der Waals surface area contributed by atoms with Crippen LogP contribution < -0.4 is 5.32 Å². The van der Waals surface area contributed by atoms with Gasteiger partial charge in [0.2, 0.25) is 0 Å². The highest BCUT2D eigenvalue weighted by molar-refractivity contribution is 6.02. The molecule has 0 unspecified atom stereocenters. The average Bonchev–Trinajstić information content (AvgIpc) is 2.82. The molecule has 0 bridgehead atoms. The first-order valence-corrected chi connectivity index (χ1v) is 4.81. The number of aromatic nitrogens is 2. The number of nitrogens with one attached hydrogen (secondary N) is 2. The van der Waals surface area contributed by atoms with Crippen molar-refractivity contribution in [3.05, 3.63) is 47.9 Å². The number of aromatic carboxylic acids is 1. The highest BCUT2D eigenvalue weighted by Gasteiger charge is 2.09. The molecule has 3 N–H and O–H groups in total. The van der Waals surface area contributed by atoms with Gasteiger partial charge in [-0.3, -0.25) is 9.78 Å². The van der Waals surface area contributed by atoms with Crippen molar-refractivity contribution < 1.29 is 14.7 Å². The highest BCUT2D eigenvalue weighted by Crippen LogP contribution is 2.05. The van der Waals surface area contributed by atoms with Gasteiger partial charge in [0.25, 0.3) is 5.91 Å². The molecule has 2 aromatic heterocycles. The van der Waals surface area contributed by atoms with E-state index in [9.17, 15) is 9.59 Å².